The maximum absolute atomic E-state index is 14.1. The average Bonchev–Trinajstić information content (AvgIpc) is 2.68. The molecule has 0 amide bonds. The van der Waals surface area contributed by atoms with E-state index < -0.39 is 5.60 Å². The highest BCUT2D eigenvalue weighted by Gasteiger charge is 2.38. The number of ether oxygens (including phenoxy) is 1. The molecule has 0 aliphatic carbocycles. The first kappa shape index (κ1) is 23.7. The van der Waals surface area contributed by atoms with Crippen molar-refractivity contribution < 1.29 is 19.0 Å². The van der Waals surface area contributed by atoms with Crippen LogP contribution in [0, 0.1) is 11.7 Å². The number of carbonyl (C=O) groups excluding carboxylic acids is 1. The number of benzene rings is 2. The average molecular weight is 449 g/mol. The van der Waals surface area contributed by atoms with E-state index in [1.165, 1.54) is 12.1 Å². The summed E-state index contributed by atoms with van der Waals surface area (Å²) in [5, 5.41) is 10.4. The fourth-order valence-electron chi connectivity index (χ4n) is 4.15. The van der Waals surface area contributed by atoms with Crippen LogP contribution in [-0.4, -0.2) is 53.9 Å². The second kappa shape index (κ2) is 10.1. The fraction of sp³-hybridized carbons (Fsp3) is 0.458. The number of aliphatic hydroxyl groups is 1. The number of halogens is 2. The van der Waals surface area contributed by atoms with E-state index in [0.717, 1.165) is 11.1 Å². The fourth-order valence-corrected chi connectivity index (χ4v) is 4.33. The number of hydrogen-bond donors (Lipinski definition) is 2. The van der Waals surface area contributed by atoms with Crippen LogP contribution in [0.2, 0.25) is 5.02 Å². The molecule has 2 unspecified atom stereocenters. The van der Waals surface area contributed by atoms with Crippen molar-refractivity contribution in [1.82, 2.24) is 4.90 Å². The molecule has 1 fully saturated rings. The van der Waals surface area contributed by atoms with Crippen molar-refractivity contribution in [3.63, 3.8) is 0 Å². The van der Waals surface area contributed by atoms with Gasteiger partial charge in [-0.1, -0.05) is 35.9 Å². The van der Waals surface area contributed by atoms with Gasteiger partial charge in [-0.05, 0) is 56.0 Å². The number of carbonyl (C=O) groups is 1. The van der Waals surface area contributed by atoms with Crippen molar-refractivity contribution in [1.29, 1.82) is 0 Å². The lowest BCUT2D eigenvalue weighted by molar-refractivity contribution is -0.152. The minimum Gasteiger partial charge on any atom is -0.466 e. The molecule has 31 heavy (non-hydrogen) atoms. The minimum absolute atomic E-state index is 0.232. The van der Waals surface area contributed by atoms with E-state index in [9.17, 15) is 14.3 Å². The molecule has 2 atom stereocenters. The lowest BCUT2D eigenvalue weighted by Gasteiger charge is -2.45. The van der Waals surface area contributed by atoms with E-state index in [2.05, 4.69) is 0 Å². The van der Waals surface area contributed by atoms with Gasteiger partial charge in [0.25, 0.3) is 0 Å². The number of nitrogens with zero attached hydrogens (tertiary/aromatic N) is 1. The molecule has 0 aromatic heterocycles. The van der Waals surface area contributed by atoms with Gasteiger partial charge in [-0.25, -0.2) is 4.39 Å². The van der Waals surface area contributed by atoms with E-state index in [0.29, 0.717) is 49.7 Å². The Kier molecular flexibility index (Phi) is 7.70. The van der Waals surface area contributed by atoms with Gasteiger partial charge in [-0.15, -0.1) is 0 Å². The van der Waals surface area contributed by atoms with Gasteiger partial charge in [0, 0.05) is 36.3 Å². The maximum Gasteiger partial charge on any atom is 0.310 e. The Hall–Kier alpha value is -1.99. The molecule has 1 aliphatic rings. The molecule has 0 radical (unpaired) electrons. The number of rotatable bonds is 9. The monoisotopic (exact) mass is 448 g/mol. The van der Waals surface area contributed by atoms with Crippen molar-refractivity contribution >= 4 is 17.6 Å². The molecular formula is C24H30ClFN2O3. The summed E-state index contributed by atoms with van der Waals surface area (Å²) in [4.78, 5) is 14.5. The van der Waals surface area contributed by atoms with Crippen LogP contribution >= 0.6 is 11.6 Å². The van der Waals surface area contributed by atoms with Gasteiger partial charge in [-0.3, -0.25) is 9.69 Å². The van der Waals surface area contributed by atoms with E-state index in [-0.39, 0.29) is 23.7 Å². The first-order valence-corrected chi connectivity index (χ1v) is 11.0. The zero-order valence-corrected chi connectivity index (χ0v) is 18.7. The molecule has 3 N–H and O–H groups in total. The minimum atomic E-state index is -0.689. The predicted molar refractivity (Wildman–Crippen MR) is 120 cm³/mol. The molecule has 0 bridgehead atoms. The highest BCUT2D eigenvalue weighted by atomic mass is 35.5. The van der Waals surface area contributed by atoms with Gasteiger partial charge in [0.05, 0.1) is 18.1 Å². The molecule has 2 aromatic rings. The maximum atomic E-state index is 14.1. The Morgan fingerprint density at radius 3 is 2.58 bits per heavy atom. The lowest BCUT2D eigenvalue weighted by atomic mass is 9.91. The van der Waals surface area contributed by atoms with E-state index in [1.54, 1.807) is 19.9 Å². The molecule has 1 aliphatic heterocycles. The molecule has 7 heteroatoms. The summed E-state index contributed by atoms with van der Waals surface area (Å²) in [7, 11) is 0. The Morgan fingerprint density at radius 2 is 1.97 bits per heavy atom. The summed E-state index contributed by atoms with van der Waals surface area (Å²) in [6, 6.07) is 11.8. The highest BCUT2D eigenvalue weighted by Crippen LogP contribution is 2.27. The van der Waals surface area contributed by atoms with Gasteiger partial charge in [0.2, 0.25) is 0 Å². The number of β-amino-alcohol motifs (C(OH)–C–C–N with tert-alkyl or cyclic N) is 1. The molecule has 0 spiro atoms. The second-order valence-corrected chi connectivity index (χ2v) is 9.07. The van der Waals surface area contributed by atoms with Gasteiger partial charge in [-0.2, -0.15) is 0 Å². The van der Waals surface area contributed by atoms with Crippen LogP contribution in [0.5, 0.6) is 0 Å². The standard InChI is InChI=1S/C24H30ClFN2O3/c1-3-31-23(29)18(13-28-14-24(2,30)15-28)11-20(27)10-16-4-6-17(7-5-16)21-12-19(25)8-9-22(21)26/h4-9,12,18,20,30H,3,10-11,13-15,27H2,1-2H3. The van der Waals surface area contributed by atoms with Crippen molar-refractivity contribution in [3.05, 3.63) is 58.9 Å². The molecule has 1 heterocycles. The number of esters is 1. The topological polar surface area (TPSA) is 75.8 Å². The van der Waals surface area contributed by atoms with Crippen molar-refractivity contribution in [3.8, 4) is 11.1 Å². The summed E-state index contributed by atoms with van der Waals surface area (Å²) in [5.74, 6) is -0.918. The zero-order valence-electron chi connectivity index (χ0n) is 18.0. The first-order valence-electron chi connectivity index (χ1n) is 10.6. The summed E-state index contributed by atoms with van der Waals surface area (Å²) in [6.45, 7) is 5.50. The van der Waals surface area contributed by atoms with Crippen molar-refractivity contribution in [2.45, 2.75) is 38.3 Å². The summed E-state index contributed by atoms with van der Waals surface area (Å²) < 4.78 is 19.3. The Bertz CT molecular complexity index is 896. The molecule has 0 saturated carbocycles. The molecule has 2 aromatic carbocycles. The smallest absolute Gasteiger partial charge is 0.310 e. The van der Waals surface area contributed by atoms with Crippen LogP contribution < -0.4 is 5.73 Å². The largest absolute Gasteiger partial charge is 0.466 e. The summed E-state index contributed by atoms with van der Waals surface area (Å²) in [5.41, 5.74) is 7.88. The summed E-state index contributed by atoms with van der Waals surface area (Å²) in [6.07, 6.45) is 1.08. The van der Waals surface area contributed by atoms with Gasteiger partial charge < -0.3 is 15.6 Å². The third kappa shape index (κ3) is 6.50. The summed E-state index contributed by atoms with van der Waals surface area (Å²) >= 11 is 5.99. The van der Waals surface area contributed by atoms with Gasteiger partial charge in [0.1, 0.15) is 5.82 Å². The molecule has 1 saturated heterocycles. The predicted octanol–water partition coefficient (Wildman–Crippen LogP) is 3.65. The lowest BCUT2D eigenvalue weighted by Crippen LogP contribution is -2.61. The van der Waals surface area contributed by atoms with Crippen LogP contribution in [0.1, 0.15) is 25.8 Å². The number of nitrogens with two attached hydrogens (primary N) is 1. The van der Waals surface area contributed by atoms with Crippen molar-refractivity contribution in [2.24, 2.45) is 11.7 Å². The Morgan fingerprint density at radius 1 is 1.29 bits per heavy atom. The third-order valence-corrected chi connectivity index (χ3v) is 5.74. The van der Waals surface area contributed by atoms with Crippen molar-refractivity contribution in [2.75, 3.05) is 26.2 Å². The van der Waals surface area contributed by atoms with Crippen LogP contribution in [0.3, 0.4) is 0 Å². The Labute approximate surface area is 187 Å². The Balaban J connectivity index is 1.61. The molecule has 168 valence electrons. The molecular weight excluding hydrogens is 419 g/mol. The second-order valence-electron chi connectivity index (χ2n) is 8.64. The molecule has 3 rings (SSSR count). The normalized spacial score (nSPS) is 17.6. The number of hydrogen-bond acceptors (Lipinski definition) is 5. The number of likely N-dealkylation sites (tertiary alicyclic amines) is 1. The van der Waals surface area contributed by atoms with Gasteiger partial charge in [0.15, 0.2) is 0 Å². The van der Waals surface area contributed by atoms with Crippen LogP contribution in [0.25, 0.3) is 11.1 Å². The third-order valence-electron chi connectivity index (χ3n) is 5.51. The van der Waals surface area contributed by atoms with Crippen LogP contribution in [-0.2, 0) is 16.0 Å². The van der Waals surface area contributed by atoms with E-state index >= 15 is 0 Å². The SMILES string of the molecule is CCOC(=O)C(CC(N)Cc1ccc(-c2cc(Cl)ccc2F)cc1)CN1CC(C)(O)C1. The van der Waals surface area contributed by atoms with E-state index in [1.807, 2.05) is 29.2 Å². The quantitative estimate of drug-likeness (QED) is 0.573. The van der Waals surface area contributed by atoms with E-state index in [4.69, 9.17) is 22.1 Å². The first-order chi connectivity index (χ1) is 14.7. The van der Waals surface area contributed by atoms with Gasteiger partial charge >= 0.3 is 5.97 Å². The van der Waals surface area contributed by atoms with Crippen LogP contribution in [0.4, 0.5) is 4.39 Å². The highest BCUT2D eigenvalue weighted by molar-refractivity contribution is 6.30. The zero-order chi connectivity index (χ0) is 22.6. The van der Waals surface area contributed by atoms with Crippen LogP contribution in [0.15, 0.2) is 42.5 Å². The molecule has 5 nitrogen and oxygen atoms in total.